The lowest BCUT2D eigenvalue weighted by molar-refractivity contribution is -0.0615. The van der Waals surface area contributed by atoms with Crippen molar-refractivity contribution in [3.63, 3.8) is 0 Å². The van der Waals surface area contributed by atoms with Crippen LogP contribution in [0.1, 0.15) is 56.2 Å². The van der Waals surface area contributed by atoms with Crippen LogP contribution in [0.4, 0.5) is 5.69 Å². The zero-order valence-electron chi connectivity index (χ0n) is 12.5. The molecule has 112 valence electrons. The first-order valence-electron chi connectivity index (χ1n) is 7.20. The molecule has 1 fully saturated rings. The molecule has 1 aliphatic rings. The highest BCUT2D eigenvalue weighted by Crippen LogP contribution is 2.24. The van der Waals surface area contributed by atoms with E-state index in [2.05, 4.69) is 22.4 Å². The second kappa shape index (κ2) is 5.83. The molecule has 6 nitrogen and oxygen atoms in total. The van der Waals surface area contributed by atoms with E-state index in [1.165, 1.54) is 0 Å². The lowest BCUT2D eigenvalue weighted by Gasteiger charge is -2.35. The number of aryl methyl sites for hydroxylation is 1. The van der Waals surface area contributed by atoms with E-state index in [1.54, 1.807) is 0 Å². The SMILES string of the molecule is CCCc1[nH]nc(C(=O)NC2CCOC(C)(C)C2)c1N. The number of nitrogens with two attached hydrogens (primary N) is 1. The molecule has 20 heavy (non-hydrogen) atoms. The standard InChI is InChI=1S/C14H24N4O2/c1-4-5-10-11(15)12(18-17-10)13(19)16-9-6-7-20-14(2,3)8-9/h9H,4-8,15H2,1-3H3,(H,16,19)(H,17,18). The normalized spacial score (nSPS) is 21.6. The number of amides is 1. The van der Waals surface area contributed by atoms with Crippen molar-refractivity contribution < 1.29 is 9.53 Å². The third-order valence-corrected chi connectivity index (χ3v) is 3.63. The van der Waals surface area contributed by atoms with Crippen LogP contribution in [0.15, 0.2) is 0 Å². The number of nitrogen functional groups attached to an aromatic ring is 1. The van der Waals surface area contributed by atoms with Crippen molar-refractivity contribution in [1.82, 2.24) is 15.5 Å². The maximum Gasteiger partial charge on any atom is 0.274 e. The van der Waals surface area contributed by atoms with Gasteiger partial charge in [-0.2, -0.15) is 5.10 Å². The largest absolute Gasteiger partial charge is 0.395 e. The summed E-state index contributed by atoms with van der Waals surface area (Å²) in [7, 11) is 0. The number of nitrogens with zero attached hydrogens (tertiary/aromatic N) is 1. The molecular weight excluding hydrogens is 256 g/mol. The zero-order chi connectivity index (χ0) is 14.8. The van der Waals surface area contributed by atoms with E-state index in [-0.39, 0.29) is 17.6 Å². The molecule has 0 saturated carbocycles. The molecule has 1 amide bonds. The summed E-state index contributed by atoms with van der Waals surface area (Å²) in [6.07, 6.45) is 3.38. The topological polar surface area (TPSA) is 93.0 Å². The molecule has 6 heteroatoms. The van der Waals surface area contributed by atoms with E-state index in [4.69, 9.17) is 10.5 Å². The Morgan fingerprint density at radius 1 is 1.60 bits per heavy atom. The Morgan fingerprint density at radius 3 is 3.00 bits per heavy atom. The third kappa shape index (κ3) is 3.30. The maximum atomic E-state index is 12.2. The van der Waals surface area contributed by atoms with Crippen LogP contribution in [0.3, 0.4) is 0 Å². The zero-order valence-corrected chi connectivity index (χ0v) is 12.5. The first kappa shape index (κ1) is 14.8. The number of hydrogen-bond donors (Lipinski definition) is 3. The van der Waals surface area contributed by atoms with E-state index < -0.39 is 0 Å². The van der Waals surface area contributed by atoms with Crippen LogP contribution in [0.2, 0.25) is 0 Å². The molecule has 1 saturated heterocycles. The summed E-state index contributed by atoms with van der Waals surface area (Å²) in [5, 5.41) is 9.90. The minimum absolute atomic E-state index is 0.108. The van der Waals surface area contributed by atoms with E-state index in [9.17, 15) is 4.79 Å². The van der Waals surface area contributed by atoms with E-state index in [1.807, 2.05) is 13.8 Å². The van der Waals surface area contributed by atoms with Gasteiger partial charge in [-0.05, 0) is 33.1 Å². The second-order valence-corrected chi connectivity index (χ2v) is 5.99. The first-order valence-corrected chi connectivity index (χ1v) is 7.20. The Morgan fingerprint density at radius 2 is 2.35 bits per heavy atom. The Bertz CT molecular complexity index is 482. The number of hydrogen-bond acceptors (Lipinski definition) is 4. The quantitative estimate of drug-likeness (QED) is 0.781. The molecule has 1 atom stereocenters. The Kier molecular flexibility index (Phi) is 4.32. The smallest absolute Gasteiger partial charge is 0.274 e. The molecule has 0 radical (unpaired) electrons. The highest BCUT2D eigenvalue weighted by atomic mass is 16.5. The Labute approximate surface area is 119 Å². The van der Waals surface area contributed by atoms with Gasteiger partial charge in [0.2, 0.25) is 0 Å². The molecule has 2 heterocycles. The van der Waals surface area contributed by atoms with Gasteiger partial charge in [0.05, 0.1) is 17.0 Å². The Hall–Kier alpha value is -1.56. The summed E-state index contributed by atoms with van der Waals surface area (Å²) in [4.78, 5) is 12.2. The maximum absolute atomic E-state index is 12.2. The molecule has 0 spiro atoms. The van der Waals surface area contributed by atoms with E-state index in [0.29, 0.717) is 18.0 Å². The summed E-state index contributed by atoms with van der Waals surface area (Å²) in [6.45, 7) is 6.79. The van der Waals surface area contributed by atoms with Gasteiger partial charge in [-0.25, -0.2) is 0 Å². The summed E-state index contributed by atoms with van der Waals surface area (Å²) in [5.74, 6) is -0.205. The average Bonchev–Trinajstić information content (AvgIpc) is 2.70. The molecule has 4 N–H and O–H groups in total. The first-order chi connectivity index (χ1) is 9.43. The molecule has 0 aliphatic carbocycles. The van der Waals surface area contributed by atoms with Crippen LogP contribution < -0.4 is 11.1 Å². The fourth-order valence-electron chi connectivity index (χ4n) is 2.61. The molecular formula is C14H24N4O2. The molecule has 2 rings (SSSR count). The molecule has 0 aromatic carbocycles. The monoisotopic (exact) mass is 280 g/mol. The van der Waals surface area contributed by atoms with Crippen molar-refractivity contribution in [1.29, 1.82) is 0 Å². The predicted octanol–water partition coefficient (Wildman–Crippen LogP) is 1.63. The lowest BCUT2D eigenvalue weighted by atomic mass is 9.94. The number of aromatic nitrogens is 2. The van der Waals surface area contributed by atoms with Crippen molar-refractivity contribution in [2.45, 2.75) is 58.1 Å². The number of nitrogens with one attached hydrogen (secondary N) is 2. The summed E-state index contributed by atoms with van der Waals surface area (Å²) >= 11 is 0. The van der Waals surface area contributed by atoms with Crippen LogP contribution in [-0.4, -0.2) is 34.4 Å². The highest BCUT2D eigenvalue weighted by Gasteiger charge is 2.30. The number of H-pyrrole nitrogens is 1. The molecule has 1 aromatic heterocycles. The minimum atomic E-state index is -0.205. The van der Waals surface area contributed by atoms with Gasteiger partial charge in [-0.15, -0.1) is 0 Å². The fourth-order valence-corrected chi connectivity index (χ4v) is 2.61. The summed E-state index contributed by atoms with van der Waals surface area (Å²) in [6, 6.07) is 0.108. The van der Waals surface area contributed by atoms with Crippen molar-refractivity contribution in [3.8, 4) is 0 Å². The predicted molar refractivity (Wildman–Crippen MR) is 77.5 cm³/mol. The van der Waals surface area contributed by atoms with Gasteiger partial charge in [-0.3, -0.25) is 9.89 Å². The number of carbonyl (C=O) groups is 1. The summed E-state index contributed by atoms with van der Waals surface area (Å²) < 4.78 is 5.64. The number of carbonyl (C=O) groups excluding carboxylic acids is 1. The van der Waals surface area contributed by atoms with Crippen molar-refractivity contribution >= 4 is 11.6 Å². The molecule has 1 aliphatic heterocycles. The van der Waals surface area contributed by atoms with Crippen LogP contribution >= 0.6 is 0 Å². The van der Waals surface area contributed by atoms with E-state index in [0.717, 1.165) is 31.4 Å². The van der Waals surface area contributed by atoms with Crippen molar-refractivity contribution in [3.05, 3.63) is 11.4 Å². The van der Waals surface area contributed by atoms with Crippen molar-refractivity contribution in [2.75, 3.05) is 12.3 Å². The van der Waals surface area contributed by atoms with Gasteiger partial charge in [0.1, 0.15) is 0 Å². The highest BCUT2D eigenvalue weighted by molar-refractivity contribution is 5.97. The van der Waals surface area contributed by atoms with Gasteiger partial charge in [0.15, 0.2) is 5.69 Å². The van der Waals surface area contributed by atoms with Crippen LogP contribution in [0.25, 0.3) is 0 Å². The number of ether oxygens (including phenoxy) is 1. The van der Waals surface area contributed by atoms with Gasteiger partial charge < -0.3 is 15.8 Å². The lowest BCUT2D eigenvalue weighted by Crippen LogP contribution is -2.46. The van der Waals surface area contributed by atoms with E-state index >= 15 is 0 Å². The molecule has 1 unspecified atom stereocenters. The third-order valence-electron chi connectivity index (χ3n) is 3.63. The number of rotatable bonds is 4. The van der Waals surface area contributed by atoms with Gasteiger partial charge in [-0.1, -0.05) is 13.3 Å². The van der Waals surface area contributed by atoms with Crippen LogP contribution in [-0.2, 0) is 11.2 Å². The minimum Gasteiger partial charge on any atom is -0.395 e. The van der Waals surface area contributed by atoms with Crippen molar-refractivity contribution in [2.24, 2.45) is 0 Å². The van der Waals surface area contributed by atoms with Gasteiger partial charge in [0, 0.05) is 12.6 Å². The Balaban J connectivity index is 2.01. The van der Waals surface area contributed by atoms with Gasteiger partial charge >= 0.3 is 0 Å². The average molecular weight is 280 g/mol. The number of aromatic amines is 1. The molecule has 1 aromatic rings. The second-order valence-electron chi connectivity index (χ2n) is 5.99. The fraction of sp³-hybridized carbons (Fsp3) is 0.714. The summed E-state index contributed by atoms with van der Waals surface area (Å²) in [5.41, 5.74) is 7.39. The molecule has 0 bridgehead atoms. The van der Waals surface area contributed by atoms with Crippen LogP contribution in [0.5, 0.6) is 0 Å². The van der Waals surface area contributed by atoms with Crippen LogP contribution in [0, 0.1) is 0 Å². The number of anilines is 1. The van der Waals surface area contributed by atoms with Gasteiger partial charge in [0.25, 0.3) is 5.91 Å².